The highest BCUT2D eigenvalue weighted by molar-refractivity contribution is 5.85. The first-order chi connectivity index (χ1) is 15.3. The summed E-state index contributed by atoms with van der Waals surface area (Å²) in [6, 6.07) is 0. The molecule has 0 aromatic rings. The number of ketones is 1. The molecule has 0 aliphatic heterocycles. The summed E-state index contributed by atoms with van der Waals surface area (Å²) in [6.45, 7) is 8.02. The van der Waals surface area contributed by atoms with Gasteiger partial charge < -0.3 is 19.3 Å². The molecule has 0 heterocycles. The number of hydrogen-bond donors (Lipinski definition) is 1. The average molecular weight is 465 g/mol. The number of aliphatic hydroxyl groups is 1. The number of carbonyl (C=O) groups is 4. The fourth-order valence-electron chi connectivity index (χ4n) is 8.06. The number of Topliss-reactive ketones (excluding diaryl/α,β-unsaturated/α-hetero) is 1. The lowest BCUT2D eigenvalue weighted by Crippen LogP contribution is -2.71. The number of fused-ring (bicyclic) bond motifs is 5. The van der Waals surface area contributed by atoms with Gasteiger partial charge in [0, 0.05) is 50.4 Å². The molecule has 0 spiro atoms. The van der Waals surface area contributed by atoms with Crippen molar-refractivity contribution in [1.82, 2.24) is 0 Å². The van der Waals surface area contributed by atoms with Crippen LogP contribution in [0.25, 0.3) is 0 Å². The van der Waals surface area contributed by atoms with Crippen molar-refractivity contribution >= 4 is 23.7 Å². The van der Waals surface area contributed by atoms with Gasteiger partial charge >= 0.3 is 17.9 Å². The molecule has 184 valence electrons. The van der Waals surface area contributed by atoms with Gasteiger partial charge in [-0.2, -0.15) is 0 Å². The van der Waals surface area contributed by atoms with E-state index in [1.165, 1.54) is 20.8 Å². The zero-order valence-corrected chi connectivity index (χ0v) is 20.2. The van der Waals surface area contributed by atoms with Gasteiger partial charge in [0.15, 0.2) is 0 Å². The Kier molecular flexibility index (Phi) is 5.91. The summed E-state index contributed by atoms with van der Waals surface area (Å²) in [5.74, 6) is -1.53. The summed E-state index contributed by atoms with van der Waals surface area (Å²) in [6.07, 6.45) is 1.74. The van der Waals surface area contributed by atoms with Crippen LogP contribution in [0.2, 0.25) is 0 Å². The first kappa shape index (κ1) is 24.2. The van der Waals surface area contributed by atoms with E-state index in [-0.39, 0.29) is 42.0 Å². The van der Waals surface area contributed by atoms with Crippen molar-refractivity contribution in [3.05, 3.63) is 0 Å². The quantitative estimate of drug-likeness (QED) is 0.501. The van der Waals surface area contributed by atoms with E-state index >= 15 is 0 Å². The molecule has 0 amide bonds. The van der Waals surface area contributed by atoms with E-state index in [2.05, 4.69) is 0 Å². The second-order valence-corrected chi connectivity index (χ2v) is 11.2. The number of hydrogen-bond acceptors (Lipinski definition) is 8. The van der Waals surface area contributed by atoms with Gasteiger partial charge in [-0.05, 0) is 43.9 Å². The third-order valence-electron chi connectivity index (χ3n) is 9.34. The number of ether oxygens (including phenoxy) is 3. The van der Waals surface area contributed by atoms with Crippen molar-refractivity contribution in [1.29, 1.82) is 0 Å². The van der Waals surface area contributed by atoms with Crippen LogP contribution in [0.1, 0.15) is 79.6 Å². The molecule has 4 aliphatic rings. The third-order valence-corrected chi connectivity index (χ3v) is 9.34. The predicted octanol–water partition coefficient (Wildman–Crippen LogP) is 2.73. The second kappa shape index (κ2) is 8.07. The summed E-state index contributed by atoms with van der Waals surface area (Å²) in [4.78, 5) is 49.1. The first-order valence-electron chi connectivity index (χ1n) is 12.1. The lowest BCUT2D eigenvalue weighted by Gasteiger charge is -2.64. The Morgan fingerprint density at radius 3 is 2.12 bits per heavy atom. The Hall–Kier alpha value is -1.96. The molecule has 0 bridgehead atoms. The zero-order chi connectivity index (χ0) is 24.3. The van der Waals surface area contributed by atoms with Crippen molar-refractivity contribution in [3.8, 4) is 0 Å². The molecule has 8 nitrogen and oxygen atoms in total. The fourth-order valence-corrected chi connectivity index (χ4v) is 8.06. The molecule has 4 saturated carbocycles. The summed E-state index contributed by atoms with van der Waals surface area (Å²) in [7, 11) is 0. The summed E-state index contributed by atoms with van der Waals surface area (Å²) in [5.41, 5.74) is -2.76. The number of carbonyl (C=O) groups excluding carboxylic acids is 4. The predicted molar refractivity (Wildman–Crippen MR) is 116 cm³/mol. The maximum Gasteiger partial charge on any atom is 0.303 e. The van der Waals surface area contributed by atoms with Crippen molar-refractivity contribution in [2.24, 2.45) is 28.6 Å². The molecule has 4 fully saturated rings. The lowest BCUT2D eigenvalue weighted by molar-refractivity contribution is -0.264. The van der Waals surface area contributed by atoms with Crippen molar-refractivity contribution < 1.29 is 38.5 Å². The smallest absolute Gasteiger partial charge is 0.303 e. The molecular weight excluding hydrogens is 428 g/mol. The van der Waals surface area contributed by atoms with E-state index in [4.69, 9.17) is 14.2 Å². The van der Waals surface area contributed by atoms with Crippen LogP contribution in [0, 0.1) is 28.6 Å². The highest BCUT2D eigenvalue weighted by Gasteiger charge is 2.71. The van der Waals surface area contributed by atoms with Gasteiger partial charge in [-0.1, -0.05) is 13.8 Å². The van der Waals surface area contributed by atoms with Gasteiger partial charge in [-0.25, -0.2) is 0 Å². The van der Waals surface area contributed by atoms with Gasteiger partial charge in [-0.15, -0.1) is 0 Å². The number of esters is 3. The zero-order valence-electron chi connectivity index (χ0n) is 20.2. The Bertz CT molecular complexity index is 868. The normalized spacial score (nSPS) is 46.4. The van der Waals surface area contributed by atoms with E-state index in [1.807, 2.05) is 13.8 Å². The Balaban J connectivity index is 1.73. The van der Waals surface area contributed by atoms with E-state index in [0.29, 0.717) is 32.1 Å². The molecule has 0 aromatic carbocycles. The molecular formula is C25H36O8. The summed E-state index contributed by atoms with van der Waals surface area (Å²) < 4.78 is 16.8. The Morgan fingerprint density at radius 2 is 1.52 bits per heavy atom. The molecule has 8 heteroatoms. The van der Waals surface area contributed by atoms with E-state index < -0.39 is 40.6 Å². The van der Waals surface area contributed by atoms with Crippen molar-refractivity contribution in [3.63, 3.8) is 0 Å². The molecule has 0 saturated heterocycles. The maximum absolute atomic E-state index is 13.8. The van der Waals surface area contributed by atoms with Crippen molar-refractivity contribution in [2.45, 2.75) is 103 Å². The molecule has 3 unspecified atom stereocenters. The van der Waals surface area contributed by atoms with E-state index in [9.17, 15) is 24.3 Å². The summed E-state index contributed by atoms with van der Waals surface area (Å²) in [5, 5.41) is 12.1. The van der Waals surface area contributed by atoms with Crippen molar-refractivity contribution in [2.75, 3.05) is 0 Å². The van der Waals surface area contributed by atoms with Crippen LogP contribution in [-0.2, 0) is 33.4 Å². The highest BCUT2D eigenvalue weighted by atomic mass is 16.6. The minimum atomic E-state index is -1.48. The fraction of sp³-hybridized carbons (Fsp3) is 0.840. The molecule has 4 rings (SSSR count). The molecule has 9 atom stereocenters. The van der Waals surface area contributed by atoms with Gasteiger partial charge in [0.2, 0.25) is 0 Å². The molecule has 33 heavy (non-hydrogen) atoms. The topological polar surface area (TPSA) is 116 Å². The van der Waals surface area contributed by atoms with Gasteiger partial charge in [-0.3, -0.25) is 19.2 Å². The molecule has 0 aromatic heterocycles. The first-order valence-corrected chi connectivity index (χ1v) is 12.1. The monoisotopic (exact) mass is 464 g/mol. The Morgan fingerprint density at radius 1 is 0.909 bits per heavy atom. The van der Waals surface area contributed by atoms with Crippen LogP contribution in [-0.4, -0.2) is 52.7 Å². The van der Waals surface area contributed by atoms with Crippen LogP contribution >= 0.6 is 0 Å². The van der Waals surface area contributed by atoms with Crippen LogP contribution in [0.3, 0.4) is 0 Å². The SMILES string of the molecule is CC(=O)O[C@H]1CC[C@]2(C)C3C(=O)C[C@@]4(C)C(CC[C@@H]4OC(C)=O)C3C[C@@H](OC(C)=O)[C@@]2(O)C1. The number of rotatable bonds is 3. The van der Waals surface area contributed by atoms with Crippen LogP contribution in [0.15, 0.2) is 0 Å². The van der Waals surface area contributed by atoms with E-state index in [0.717, 1.165) is 6.42 Å². The van der Waals surface area contributed by atoms with Crippen LogP contribution < -0.4 is 0 Å². The lowest BCUT2D eigenvalue weighted by atomic mass is 9.42. The standard InChI is InChI=1S/C25H36O8/c1-13(26)31-16-8-9-24(5)22-17(10-21(33-15(3)28)25(24,30)11-16)18-6-7-20(32-14(2)27)23(18,4)12-19(22)29/h16-18,20-22,30H,6-12H2,1-5H3/t16-,17?,18?,20-,21+,22?,23-,24+,25-/m0/s1. The second-order valence-electron chi connectivity index (χ2n) is 11.2. The third kappa shape index (κ3) is 3.69. The minimum absolute atomic E-state index is 0.0749. The molecule has 0 radical (unpaired) electrons. The molecule has 4 aliphatic carbocycles. The van der Waals surface area contributed by atoms with E-state index in [1.54, 1.807) is 0 Å². The highest BCUT2D eigenvalue weighted by Crippen LogP contribution is 2.67. The maximum atomic E-state index is 13.8. The Labute approximate surface area is 194 Å². The average Bonchev–Trinajstić information content (AvgIpc) is 2.98. The largest absolute Gasteiger partial charge is 0.462 e. The van der Waals surface area contributed by atoms with Crippen LogP contribution in [0.4, 0.5) is 0 Å². The van der Waals surface area contributed by atoms with Gasteiger partial charge in [0.1, 0.15) is 29.7 Å². The van der Waals surface area contributed by atoms with Gasteiger partial charge in [0.25, 0.3) is 0 Å². The van der Waals surface area contributed by atoms with Gasteiger partial charge in [0.05, 0.1) is 0 Å². The molecule has 1 N–H and O–H groups in total. The summed E-state index contributed by atoms with van der Waals surface area (Å²) >= 11 is 0. The van der Waals surface area contributed by atoms with Crippen LogP contribution in [0.5, 0.6) is 0 Å². The minimum Gasteiger partial charge on any atom is -0.462 e.